The van der Waals surface area contributed by atoms with Crippen molar-refractivity contribution in [2.75, 3.05) is 31.1 Å². The third kappa shape index (κ3) is 4.17. The van der Waals surface area contributed by atoms with Crippen LogP contribution in [0.5, 0.6) is 5.75 Å². The van der Waals surface area contributed by atoms with E-state index in [9.17, 15) is 5.11 Å². The van der Waals surface area contributed by atoms with Crippen molar-refractivity contribution in [3.05, 3.63) is 77.7 Å². The van der Waals surface area contributed by atoms with E-state index in [1.54, 1.807) is 24.7 Å². The quantitative estimate of drug-likeness (QED) is 0.517. The maximum absolute atomic E-state index is 10.5. The van der Waals surface area contributed by atoms with Crippen LogP contribution in [0.1, 0.15) is 5.56 Å². The van der Waals surface area contributed by atoms with Gasteiger partial charge in [0.2, 0.25) is 5.95 Å². The van der Waals surface area contributed by atoms with E-state index in [2.05, 4.69) is 30.8 Å². The molecule has 0 aliphatic carbocycles. The van der Waals surface area contributed by atoms with Gasteiger partial charge in [-0.15, -0.1) is 0 Å². The molecule has 0 atom stereocenters. The second kappa shape index (κ2) is 8.49. The first-order valence-corrected chi connectivity index (χ1v) is 10.7. The van der Waals surface area contributed by atoms with Crippen molar-refractivity contribution in [2.24, 2.45) is 0 Å². The number of benzene rings is 2. The van der Waals surface area contributed by atoms with E-state index in [-0.39, 0.29) is 0 Å². The van der Waals surface area contributed by atoms with Crippen LogP contribution in [0.4, 0.5) is 5.95 Å². The Hall–Kier alpha value is -3.22. The van der Waals surface area contributed by atoms with E-state index in [0.29, 0.717) is 17.3 Å². The Morgan fingerprint density at radius 2 is 1.68 bits per heavy atom. The summed E-state index contributed by atoms with van der Waals surface area (Å²) in [4.78, 5) is 17.7. The average Bonchev–Trinajstić information content (AvgIpc) is 2.81. The third-order valence-electron chi connectivity index (χ3n) is 5.70. The minimum atomic E-state index is 0.318. The number of piperazine rings is 1. The van der Waals surface area contributed by atoms with E-state index in [1.165, 1.54) is 0 Å². The zero-order valence-electron chi connectivity index (χ0n) is 16.9. The van der Waals surface area contributed by atoms with Gasteiger partial charge in [0.15, 0.2) is 0 Å². The first-order chi connectivity index (χ1) is 15.2. The Labute approximate surface area is 185 Å². The topological polar surface area (TPSA) is 65.4 Å². The number of fused-ring (bicyclic) bond motifs is 1. The van der Waals surface area contributed by atoms with Gasteiger partial charge in [-0.2, -0.15) is 0 Å². The molecule has 4 aromatic rings. The summed E-state index contributed by atoms with van der Waals surface area (Å²) >= 11 is 6.13. The smallest absolute Gasteiger partial charge is 0.225 e. The first kappa shape index (κ1) is 19.7. The van der Waals surface area contributed by atoms with Gasteiger partial charge in [-0.05, 0) is 47.5 Å². The normalized spacial score (nSPS) is 14.8. The summed E-state index contributed by atoms with van der Waals surface area (Å²) in [6.07, 6.45) is 5.34. The van der Waals surface area contributed by atoms with Crippen LogP contribution in [0.2, 0.25) is 5.02 Å². The molecule has 156 valence electrons. The fraction of sp³-hybridized carbons (Fsp3) is 0.208. The number of phenols is 1. The molecule has 31 heavy (non-hydrogen) atoms. The van der Waals surface area contributed by atoms with Crippen LogP contribution < -0.4 is 4.90 Å². The molecule has 0 spiro atoms. The third-order valence-corrected chi connectivity index (χ3v) is 5.93. The maximum atomic E-state index is 10.5. The number of hydrogen-bond donors (Lipinski definition) is 1. The van der Waals surface area contributed by atoms with Crippen LogP contribution in [0.15, 0.2) is 67.1 Å². The van der Waals surface area contributed by atoms with Crippen LogP contribution in [0.3, 0.4) is 0 Å². The largest absolute Gasteiger partial charge is 0.508 e. The van der Waals surface area contributed by atoms with Crippen molar-refractivity contribution in [1.82, 2.24) is 19.9 Å². The van der Waals surface area contributed by atoms with Crippen LogP contribution in [0.25, 0.3) is 22.0 Å². The molecule has 5 rings (SSSR count). The summed E-state index contributed by atoms with van der Waals surface area (Å²) in [5.74, 6) is 1.09. The zero-order valence-corrected chi connectivity index (χ0v) is 17.7. The number of aromatic nitrogens is 3. The Bertz CT molecular complexity index is 1210. The van der Waals surface area contributed by atoms with Crippen molar-refractivity contribution < 1.29 is 5.11 Å². The summed E-state index contributed by atoms with van der Waals surface area (Å²) in [7, 11) is 0. The Morgan fingerprint density at radius 1 is 0.871 bits per heavy atom. The molecule has 1 fully saturated rings. The van der Waals surface area contributed by atoms with Gasteiger partial charge in [0.25, 0.3) is 0 Å². The van der Waals surface area contributed by atoms with Gasteiger partial charge in [0, 0.05) is 67.3 Å². The minimum absolute atomic E-state index is 0.318. The fourth-order valence-corrected chi connectivity index (χ4v) is 4.22. The highest BCUT2D eigenvalue weighted by atomic mass is 35.5. The highest BCUT2D eigenvalue weighted by Gasteiger charge is 2.20. The average molecular weight is 432 g/mol. The fourth-order valence-electron chi connectivity index (χ4n) is 4.05. The Kier molecular flexibility index (Phi) is 5.40. The van der Waals surface area contributed by atoms with Crippen molar-refractivity contribution in [3.8, 4) is 16.9 Å². The molecule has 0 amide bonds. The molecular weight excluding hydrogens is 410 g/mol. The molecule has 0 unspecified atom stereocenters. The summed E-state index contributed by atoms with van der Waals surface area (Å²) in [6, 6.07) is 15.4. The van der Waals surface area contributed by atoms with Crippen molar-refractivity contribution >= 4 is 28.5 Å². The van der Waals surface area contributed by atoms with Gasteiger partial charge in [-0.1, -0.05) is 23.7 Å². The van der Waals surface area contributed by atoms with Crippen LogP contribution >= 0.6 is 11.6 Å². The Balaban J connectivity index is 1.36. The maximum Gasteiger partial charge on any atom is 0.225 e. The predicted octanol–water partition coefficient (Wildman–Crippen LogP) is 4.37. The molecule has 0 radical (unpaired) electrons. The molecule has 6 nitrogen and oxygen atoms in total. The van der Waals surface area contributed by atoms with Gasteiger partial charge < -0.3 is 10.0 Å². The lowest BCUT2D eigenvalue weighted by atomic mass is 9.99. The molecule has 1 aliphatic rings. The lowest BCUT2D eigenvalue weighted by molar-refractivity contribution is 0.245. The van der Waals surface area contributed by atoms with Gasteiger partial charge in [-0.25, -0.2) is 9.97 Å². The van der Waals surface area contributed by atoms with Crippen molar-refractivity contribution in [2.45, 2.75) is 6.54 Å². The van der Waals surface area contributed by atoms with Gasteiger partial charge >= 0.3 is 0 Å². The zero-order chi connectivity index (χ0) is 21.2. The number of aromatic hydroxyl groups is 1. The number of rotatable bonds is 4. The summed E-state index contributed by atoms with van der Waals surface area (Å²) < 4.78 is 0. The molecule has 2 aromatic carbocycles. The molecule has 0 saturated carbocycles. The highest BCUT2D eigenvalue weighted by Crippen LogP contribution is 2.32. The number of nitrogens with zero attached hydrogens (tertiary/aromatic N) is 5. The van der Waals surface area contributed by atoms with E-state index >= 15 is 0 Å². The SMILES string of the molecule is Oc1ccc(-c2ccnc3cc(Cl)ccc23)cc1CN1CCN(c2ncccn2)CC1. The molecule has 1 saturated heterocycles. The van der Waals surface area contributed by atoms with Gasteiger partial charge in [-0.3, -0.25) is 9.88 Å². The highest BCUT2D eigenvalue weighted by molar-refractivity contribution is 6.31. The monoisotopic (exact) mass is 431 g/mol. The van der Waals surface area contributed by atoms with Gasteiger partial charge in [0.1, 0.15) is 5.75 Å². The summed E-state index contributed by atoms with van der Waals surface area (Å²) in [5, 5.41) is 12.2. The number of halogens is 1. The molecule has 1 aliphatic heterocycles. The second-order valence-corrected chi connectivity index (χ2v) is 8.11. The molecule has 0 bridgehead atoms. The predicted molar refractivity (Wildman–Crippen MR) is 123 cm³/mol. The summed E-state index contributed by atoms with van der Waals surface area (Å²) in [5.41, 5.74) is 3.91. The van der Waals surface area contributed by atoms with Crippen molar-refractivity contribution in [1.29, 1.82) is 0 Å². The Morgan fingerprint density at radius 3 is 2.48 bits per heavy atom. The van der Waals surface area contributed by atoms with Crippen LogP contribution in [0, 0.1) is 0 Å². The number of phenolic OH excluding ortho intramolecular Hbond substituents is 1. The lowest BCUT2D eigenvalue weighted by Crippen LogP contribution is -2.46. The number of pyridine rings is 1. The number of hydrogen-bond acceptors (Lipinski definition) is 6. The van der Waals surface area contributed by atoms with E-state index in [0.717, 1.165) is 59.7 Å². The van der Waals surface area contributed by atoms with E-state index < -0.39 is 0 Å². The molecule has 3 heterocycles. The van der Waals surface area contributed by atoms with Crippen molar-refractivity contribution in [3.63, 3.8) is 0 Å². The molecule has 7 heteroatoms. The second-order valence-electron chi connectivity index (χ2n) is 7.68. The lowest BCUT2D eigenvalue weighted by Gasteiger charge is -2.34. The minimum Gasteiger partial charge on any atom is -0.508 e. The van der Waals surface area contributed by atoms with Crippen LogP contribution in [-0.4, -0.2) is 51.1 Å². The van der Waals surface area contributed by atoms with Crippen LogP contribution in [-0.2, 0) is 6.54 Å². The molecule has 1 N–H and O–H groups in total. The molecular formula is C24H22ClN5O. The van der Waals surface area contributed by atoms with Gasteiger partial charge in [0.05, 0.1) is 5.52 Å². The number of anilines is 1. The summed E-state index contributed by atoms with van der Waals surface area (Å²) in [6.45, 7) is 4.19. The molecule has 2 aromatic heterocycles. The first-order valence-electron chi connectivity index (χ1n) is 10.3. The standard InChI is InChI=1S/C24H22ClN5O/c25-19-3-4-21-20(6-9-26-22(21)15-19)17-2-5-23(31)18(14-17)16-29-10-12-30(13-11-29)24-27-7-1-8-28-24/h1-9,14-15,31H,10-13,16H2. The van der Waals surface area contributed by atoms with E-state index in [4.69, 9.17) is 11.6 Å². The van der Waals surface area contributed by atoms with E-state index in [1.807, 2.05) is 36.4 Å².